The van der Waals surface area contributed by atoms with Crippen LogP contribution in [-0.2, 0) is 0 Å². The Morgan fingerprint density at radius 3 is 2.47 bits per heavy atom. The van der Waals surface area contributed by atoms with Crippen molar-refractivity contribution in [2.24, 2.45) is 0 Å². The number of carbonyl (C=O) groups is 1. The summed E-state index contributed by atoms with van der Waals surface area (Å²) in [5.41, 5.74) is -1.78. The first-order valence-corrected chi connectivity index (χ1v) is 4.50. The summed E-state index contributed by atoms with van der Waals surface area (Å²) in [4.78, 5) is 20.5. The van der Waals surface area contributed by atoms with Gasteiger partial charge in [0, 0.05) is 12.6 Å². The molecule has 0 spiro atoms. The highest BCUT2D eigenvalue weighted by Crippen LogP contribution is 2.31. The number of halogens is 2. The molecule has 0 radical (unpaired) electrons. The highest BCUT2D eigenvalue weighted by molar-refractivity contribution is 5.88. The predicted molar refractivity (Wildman–Crippen MR) is 51.4 cm³/mol. The average molecular weight is 245 g/mol. The molecular formula is C9H7F2N2O4-. The highest BCUT2D eigenvalue weighted by Gasteiger charge is 2.25. The normalized spacial score (nSPS) is 10.1. The molecule has 0 aromatic heterocycles. The number of rotatable bonds is 3. The Kier molecular flexibility index (Phi) is 3.56. The highest BCUT2D eigenvalue weighted by atomic mass is 19.1. The molecule has 17 heavy (non-hydrogen) atoms. The molecule has 1 aromatic carbocycles. The Morgan fingerprint density at radius 2 is 2.06 bits per heavy atom. The lowest BCUT2D eigenvalue weighted by atomic mass is 10.2. The van der Waals surface area contributed by atoms with Crippen LogP contribution in [0.25, 0.3) is 0 Å². The fourth-order valence-electron chi connectivity index (χ4n) is 1.34. The Hall–Kier alpha value is -2.25. The number of carboxylic acid groups (broad SMARTS) is 1. The topological polar surface area (TPSA) is 86.5 Å². The molecule has 0 bridgehead atoms. The van der Waals surface area contributed by atoms with Crippen LogP contribution in [0.15, 0.2) is 12.1 Å². The lowest BCUT2D eigenvalue weighted by Crippen LogP contribution is -2.42. The molecule has 0 aliphatic heterocycles. The van der Waals surface area contributed by atoms with Gasteiger partial charge in [-0.1, -0.05) is 0 Å². The molecule has 6 nitrogen and oxygen atoms in total. The largest absolute Gasteiger partial charge is 0.530 e. The summed E-state index contributed by atoms with van der Waals surface area (Å²) in [6.07, 6.45) is -1.80. The van der Waals surface area contributed by atoms with Gasteiger partial charge in [0.1, 0.15) is 11.9 Å². The first-order valence-electron chi connectivity index (χ1n) is 4.50. The fraction of sp³-hybridized carbons (Fsp3) is 0.222. The van der Waals surface area contributed by atoms with Crippen LogP contribution in [0.5, 0.6) is 0 Å². The summed E-state index contributed by atoms with van der Waals surface area (Å²) in [5.74, 6) is -2.49. The van der Waals surface area contributed by atoms with E-state index >= 15 is 0 Å². The van der Waals surface area contributed by atoms with E-state index in [0.29, 0.717) is 17.0 Å². The van der Waals surface area contributed by atoms with Crippen LogP contribution < -0.4 is 10.0 Å². The number of benzene rings is 1. The van der Waals surface area contributed by atoms with E-state index < -0.39 is 34.0 Å². The molecule has 0 saturated carbocycles. The van der Waals surface area contributed by atoms with E-state index in [9.17, 15) is 28.8 Å². The summed E-state index contributed by atoms with van der Waals surface area (Å²) >= 11 is 0. The third-order valence-corrected chi connectivity index (χ3v) is 2.01. The van der Waals surface area contributed by atoms with Crippen molar-refractivity contribution >= 4 is 17.5 Å². The van der Waals surface area contributed by atoms with E-state index in [1.807, 2.05) is 0 Å². The molecular weight excluding hydrogens is 238 g/mol. The molecule has 0 N–H and O–H groups in total. The molecule has 0 aliphatic carbocycles. The number of hydrogen-bond donors (Lipinski definition) is 0. The summed E-state index contributed by atoms with van der Waals surface area (Å²) in [6.45, 7) is 1.08. The van der Waals surface area contributed by atoms with E-state index in [1.54, 1.807) is 0 Å². The minimum absolute atomic E-state index is 0.258. The van der Waals surface area contributed by atoms with Gasteiger partial charge in [0.2, 0.25) is 0 Å². The number of nitro benzene ring substituents is 1. The molecule has 0 heterocycles. The average Bonchev–Trinajstić information content (AvgIpc) is 2.20. The second-order valence-electron chi connectivity index (χ2n) is 3.02. The maximum atomic E-state index is 13.4. The van der Waals surface area contributed by atoms with Crippen molar-refractivity contribution in [2.45, 2.75) is 6.92 Å². The van der Waals surface area contributed by atoms with Gasteiger partial charge in [0.15, 0.2) is 11.5 Å². The number of hydrogen-bond acceptors (Lipinski definition) is 4. The molecule has 0 aliphatic rings. The smallest absolute Gasteiger partial charge is 0.298 e. The fourth-order valence-corrected chi connectivity index (χ4v) is 1.34. The lowest BCUT2D eigenvalue weighted by molar-refractivity contribution is -0.384. The number of carbonyl (C=O) groups excluding carboxylic acids is 1. The Labute approximate surface area is 94.2 Å². The van der Waals surface area contributed by atoms with E-state index in [0.717, 1.165) is 0 Å². The van der Waals surface area contributed by atoms with Crippen molar-refractivity contribution in [3.05, 3.63) is 33.9 Å². The van der Waals surface area contributed by atoms with Crippen molar-refractivity contribution in [1.29, 1.82) is 0 Å². The quantitative estimate of drug-likeness (QED) is 0.588. The number of amides is 1. The van der Waals surface area contributed by atoms with Crippen molar-refractivity contribution in [3.63, 3.8) is 0 Å². The van der Waals surface area contributed by atoms with Crippen LogP contribution >= 0.6 is 0 Å². The minimum atomic E-state index is -1.80. The zero-order chi connectivity index (χ0) is 13.2. The SMILES string of the molecule is CCN(C(=O)[O-])c1c(F)cc(F)cc1[N+](=O)[O-]. The Balaban J connectivity index is 3.49. The second kappa shape index (κ2) is 4.73. The van der Waals surface area contributed by atoms with Crippen molar-refractivity contribution in [3.8, 4) is 0 Å². The van der Waals surface area contributed by atoms with Crippen molar-refractivity contribution in [2.75, 3.05) is 11.4 Å². The van der Waals surface area contributed by atoms with Gasteiger partial charge in [-0.05, 0) is 6.92 Å². The minimum Gasteiger partial charge on any atom is -0.530 e. The van der Waals surface area contributed by atoms with E-state index in [1.165, 1.54) is 6.92 Å². The summed E-state index contributed by atoms with van der Waals surface area (Å²) < 4.78 is 26.2. The number of nitrogens with zero attached hydrogens (tertiary/aromatic N) is 2. The van der Waals surface area contributed by atoms with Gasteiger partial charge in [-0.25, -0.2) is 8.78 Å². The molecule has 1 aromatic rings. The van der Waals surface area contributed by atoms with Crippen LogP contribution in [0.4, 0.5) is 25.0 Å². The van der Waals surface area contributed by atoms with Crippen LogP contribution in [0.2, 0.25) is 0 Å². The first-order chi connectivity index (χ1) is 7.88. The Morgan fingerprint density at radius 1 is 1.47 bits per heavy atom. The molecule has 0 saturated heterocycles. The summed E-state index contributed by atoms with van der Waals surface area (Å²) in [6, 6.07) is 0.817. The maximum absolute atomic E-state index is 13.4. The van der Waals surface area contributed by atoms with E-state index in [-0.39, 0.29) is 6.54 Å². The van der Waals surface area contributed by atoms with E-state index in [4.69, 9.17) is 0 Å². The molecule has 0 fully saturated rings. The van der Waals surface area contributed by atoms with Gasteiger partial charge >= 0.3 is 0 Å². The zero-order valence-electron chi connectivity index (χ0n) is 8.65. The molecule has 1 amide bonds. The van der Waals surface area contributed by atoms with Crippen LogP contribution in [-0.4, -0.2) is 17.6 Å². The van der Waals surface area contributed by atoms with Crippen LogP contribution in [0.1, 0.15) is 6.92 Å². The maximum Gasteiger partial charge on any atom is 0.298 e. The van der Waals surface area contributed by atoms with Crippen LogP contribution in [0.3, 0.4) is 0 Å². The Bertz CT molecular complexity index is 478. The molecule has 1 rings (SSSR count). The summed E-state index contributed by atoms with van der Waals surface area (Å²) in [5, 5.41) is 21.3. The predicted octanol–water partition coefficient (Wildman–Crippen LogP) is 1.04. The first kappa shape index (κ1) is 12.8. The molecule has 92 valence electrons. The van der Waals surface area contributed by atoms with Crippen LogP contribution in [0, 0.1) is 21.7 Å². The van der Waals surface area contributed by atoms with Gasteiger partial charge in [-0.15, -0.1) is 0 Å². The van der Waals surface area contributed by atoms with E-state index in [2.05, 4.69) is 0 Å². The third kappa shape index (κ3) is 2.47. The van der Waals surface area contributed by atoms with Crippen molar-refractivity contribution in [1.82, 2.24) is 0 Å². The molecule has 0 atom stereocenters. The van der Waals surface area contributed by atoms with Crippen molar-refractivity contribution < 1.29 is 23.6 Å². The number of anilines is 1. The molecule has 0 unspecified atom stereocenters. The third-order valence-electron chi connectivity index (χ3n) is 2.01. The van der Waals surface area contributed by atoms with Gasteiger partial charge in [-0.2, -0.15) is 0 Å². The van der Waals surface area contributed by atoms with Gasteiger partial charge < -0.3 is 14.8 Å². The number of nitro groups is 1. The van der Waals surface area contributed by atoms with Gasteiger partial charge in [0.05, 0.1) is 11.0 Å². The summed E-state index contributed by atoms with van der Waals surface area (Å²) in [7, 11) is 0. The van der Waals surface area contributed by atoms with Gasteiger partial charge in [-0.3, -0.25) is 10.1 Å². The zero-order valence-corrected chi connectivity index (χ0v) is 8.65. The monoisotopic (exact) mass is 245 g/mol. The van der Waals surface area contributed by atoms with Gasteiger partial charge in [0.25, 0.3) is 5.69 Å². The second-order valence-corrected chi connectivity index (χ2v) is 3.02. The molecule has 8 heteroatoms. The standard InChI is InChI=1S/C9H8F2N2O4/c1-2-12(9(14)15)8-6(11)3-5(10)4-7(8)13(16)17/h3-4H,2H2,1H3,(H,14,15)/p-1. The lowest BCUT2D eigenvalue weighted by Gasteiger charge is -2.23.